The van der Waals surface area contributed by atoms with Gasteiger partial charge in [0.1, 0.15) is 0 Å². The molecule has 3 heteroatoms. The minimum absolute atomic E-state index is 0.01000. The second-order valence-electron chi connectivity index (χ2n) is 3.93. The molecule has 2 N–H and O–H groups in total. The Hall–Kier alpha value is -1.61. The van der Waals surface area contributed by atoms with Crippen molar-refractivity contribution in [1.29, 1.82) is 0 Å². The maximum Gasteiger partial charge on any atom is 0.193 e. The maximum absolute atomic E-state index is 12.2. The third kappa shape index (κ3) is 2.56. The van der Waals surface area contributed by atoms with Gasteiger partial charge in [-0.1, -0.05) is 29.8 Å². The SMILES string of the molecule is Cc1ccc(C(=O)c2ccc(Br)c(N)c2)cc1. The van der Waals surface area contributed by atoms with Crippen molar-refractivity contribution < 1.29 is 4.79 Å². The third-order valence-electron chi connectivity index (χ3n) is 2.57. The summed E-state index contributed by atoms with van der Waals surface area (Å²) in [5.74, 6) is -0.01000. The quantitative estimate of drug-likeness (QED) is 0.678. The van der Waals surface area contributed by atoms with Crippen molar-refractivity contribution in [2.45, 2.75) is 6.92 Å². The molecular weight excluding hydrogens is 278 g/mol. The third-order valence-corrected chi connectivity index (χ3v) is 3.29. The maximum atomic E-state index is 12.2. The zero-order valence-corrected chi connectivity index (χ0v) is 11.0. The Bertz CT molecular complexity index is 561. The van der Waals surface area contributed by atoms with Gasteiger partial charge < -0.3 is 5.73 Å². The van der Waals surface area contributed by atoms with Crippen LogP contribution in [0, 0.1) is 6.92 Å². The number of hydrogen-bond acceptors (Lipinski definition) is 2. The highest BCUT2D eigenvalue weighted by Gasteiger charge is 2.09. The molecule has 0 saturated carbocycles. The van der Waals surface area contributed by atoms with Crippen molar-refractivity contribution in [2.24, 2.45) is 0 Å². The standard InChI is InChI=1S/C14H12BrNO/c1-9-2-4-10(5-3-9)14(17)11-6-7-12(15)13(16)8-11/h2-8H,16H2,1H3. The zero-order valence-electron chi connectivity index (χ0n) is 9.41. The summed E-state index contributed by atoms with van der Waals surface area (Å²) < 4.78 is 0.804. The van der Waals surface area contributed by atoms with Crippen LogP contribution in [0.15, 0.2) is 46.9 Å². The molecule has 2 rings (SSSR count). The number of carbonyl (C=O) groups is 1. The van der Waals surface area contributed by atoms with Gasteiger partial charge in [0.25, 0.3) is 0 Å². The first-order chi connectivity index (χ1) is 8.08. The van der Waals surface area contributed by atoms with Crippen LogP contribution in [0.25, 0.3) is 0 Å². The van der Waals surface area contributed by atoms with Crippen LogP contribution in [0.5, 0.6) is 0 Å². The highest BCUT2D eigenvalue weighted by Crippen LogP contribution is 2.21. The fourth-order valence-corrected chi connectivity index (χ4v) is 1.80. The predicted octanol–water partition coefficient (Wildman–Crippen LogP) is 3.57. The lowest BCUT2D eigenvalue weighted by molar-refractivity contribution is 0.103. The first kappa shape index (κ1) is 11.9. The lowest BCUT2D eigenvalue weighted by Crippen LogP contribution is -2.02. The average molecular weight is 290 g/mol. The van der Waals surface area contributed by atoms with E-state index in [-0.39, 0.29) is 5.78 Å². The number of aryl methyl sites for hydroxylation is 1. The molecule has 0 aliphatic carbocycles. The predicted molar refractivity (Wildman–Crippen MR) is 73.2 cm³/mol. The monoisotopic (exact) mass is 289 g/mol. The number of nitrogens with two attached hydrogens (primary N) is 1. The summed E-state index contributed by atoms with van der Waals surface area (Å²) in [5.41, 5.74) is 8.75. The van der Waals surface area contributed by atoms with Crippen LogP contribution >= 0.6 is 15.9 Å². The molecule has 0 atom stereocenters. The van der Waals surface area contributed by atoms with E-state index in [1.807, 2.05) is 31.2 Å². The molecule has 2 nitrogen and oxygen atoms in total. The van der Waals surface area contributed by atoms with E-state index in [2.05, 4.69) is 15.9 Å². The molecule has 0 aromatic heterocycles. The smallest absolute Gasteiger partial charge is 0.193 e. The van der Waals surface area contributed by atoms with E-state index < -0.39 is 0 Å². The molecule has 0 radical (unpaired) electrons. The molecule has 0 amide bonds. The number of benzene rings is 2. The summed E-state index contributed by atoms with van der Waals surface area (Å²) in [6.45, 7) is 1.99. The summed E-state index contributed by atoms with van der Waals surface area (Å²) in [6, 6.07) is 12.8. The Morgan fingerprint density at radius 1 is 1.06 bits per heavy atom. The molecule has 0 aliphatic rings. The minimum atomic E-state index is -0.01000. The normalized spacial score (nSPS) is 10.2. The topological polar surface area (TPSA) is 43.1 Å². The van der Waals surface area contributed by atoms with Crippen LogP contribution in [0.3, 0.4) is 0 Å². The van der Waals surface area contributed by atoms with Crippen molar-refractivity contribution in [1.82, 2.24) is 0 Å². The molecule has 0 heterocycles. The van der Waals surface area contributed by atoms with Crippen molar-refractivity contribution in [3.8, 4) is 0 Å². The highest BCUT2D eigenvalue weighted by atomic mass is 79.9. The molecule has 0 fully saturated rings. The Morgan fingerprint density at radius 3 is 2.24 bits per heavy atom. The molecule has 2 aromatic carbocycles. The van der Waals surface area contributed by atoms with E-state index >= 15 is 0 Å². The van der Waals surface area contributed by atoms with Crippen LogP contribution in [0.2, 0.25) is 0 Å². The second-order valence-corrected chi connectivity index (χ2v) is 4.79. The first-order valence-corrected chi connectivity index (χ1v) is 6.03. The fourth-order valence-electron chi connectivity index (χ4n) is 1.56. The molecule has 0 bridgehead atoms. The fraction of sp³-hybridized carbons (Fsp3) is 0.0714. The van der Waals surface area contributed by atoms with Gasteiger partial charge in [-0.2, -0.15) is 0 Å². The van der Waals surface area contributed by atoms with Crippen molar-refractivity contribution >= 4 is 27.4 Å². The van der Waals surface area contributed by atoms with E-state index in [1.165, 1.54) is 0 Å². The van der Waals surface area contributed by atoms with Gasteiger partial charge >= 0.3 is 0 Å². The Balaban J connectivity index is 2.37. The lowest BCUT2D eigenvalue weighted by Gasteiger charge is -2.04. The summed E-state index contributed by atoms with van der Waals surface area (Å²) >= 11 is 3.31. The Kier molecular flexibility index (Phi) is 3.29. The lowest BCUT2D eigenvalue weighted by atomic mass is 10.0. The number of halogens is 1. The van der Waals surface area contributed by atoms with Crippen LogP contribution in [-0.2, 0) is 0 Å². The number of ketones is 1. The van der Waals surface area contributed by atoms with Crippen LogP contribution in [-0.4, -0.2) is 5.78 Å². The molecule has 0 saturated heterocycles. The van der Waals surface area contributed by atoms with Crippen molar-refractivity contribution in [2.75, 3.05) is 5.73 Å². The minimum Gasteiger partial charge on any atom is -0.398 e. The van der Waals surface area contributed by atoms with Gasteiger partial charge in [-0.3, -0.25) is 4.79 Å². The van der Waals surface area contributed by atoms with Gasteiger partial charge in [-0.05, 0) is 41.1 Å². The van der Waals surface area contributed by atoms with Gasteiger partial charge in [-0.25, -0.2) is 0 Å². The summed E-state index contributed by atoms with van der Waals surface area (Å²) in [5, 5.41) is 0. The summed E-state index contributed by atoms with van der Waals surface area (Å²) in [4.78, 5) is 12.2. The number of nitrogen functional groups attached to an aromatic ring is 1. The Morgan fingerprint density at radius 2 is 1.65 bits per heavy atom. The van der Waals surface area contributed by atoms with Gasteiger partial charge in [0, 0.05) is 21.3 Å². The largest absolute Gasteiger partial charge is 0.398 e. The molecule has 0 unspecified atom stereocenters. The van der Waals surface area contributed by atoms with Crippen molar-refractivity contribution in [3.63, 3.8) is 0 Å². The van der Waals surface area contributed by atoms with Crippen molar-refractivity contribution in [3.05, 3.63) is 63.6 Å². The van der Waals surface area contributed by atoms with Gasteiger partial charge in [0.15, 0.2) is 5.78 Å². The van der Waals surface area contributed by atoms with Gasteiger partial charge in [-0.15, -0.1) is 0 Å². The molecule has 0 spiro atoms. The second kappa shape index (κ2) is 4.72. The number of anilines is 1. The van der Waals surface area contributed by atoms with Crippen LogP contribution < -0.4 is 5.73 Å². The summed E-state index contributed by atoms with van der Waals surface area (Å²) in [7, 11) is 0. The highest BCUT2D eigenvalue weighted by molar-refractivity contribution is 9.10. The van der Waals surface area contributed by atoms with Gasteiger partial charge in [0.05, 0.1) is 0 Å². The van der Waals surface area contributed by atoms with Gasteiger partial charge in [0.2, 0.25) is 0 Å². The molecule has 2 aromatic rings. The Labute approximate surface area is 109 Å². The van der Waals surface area contributed by atoms with E-state index in [1.54, 1.807) is 18.2 Å². The van der Waals surface area contributed by atoms with Crippen LogP contribution in [0.1, 0.15) is 21.5 Å². The number of carbonyl (C=O) groups excluding carboxylic acids is 1. The molecule has 17 heavy (non-hydrogen) atoms. The number of hydrogen-bond donors (Lipinski definition) is 1. The zero-order chi connectivity index (χ0) is 12.4. The van der Waals surface area contributed by atoms with E-state index in [9.17, 15) is 4.79 Å². The first-order valence-electron chi connectivity index (χ1n) is 5.24. The van der Waals surface area contributed by atoms with E-state index in [4.69, 9.17) is 5.73 Å². The molecular formula is C14H12BrNO. The average Bonchev–Trinajstić information content (AvgIpc) is 2.33. The summed E-state index contributed by atoms with van der Waals surface area (Å²) in [6.07, 6.45) is 0. The van der Waals surface area contributed by atoms with E-state index in [0.717, 1.165) is 10.0 Å². The number of rotatable bonds is 2. The van der Waals surface area contributed by atoms with E-state index in [0.29, 0.717) is 16.8 Å². The molecule has 86 valence electrons. The van der Waals surface area contributed by atoms with Crippen LogP contribution in [0.4, 0.5) is 5.69 Å². The molecule has 0 aliphatic heterocycles.